The summed E-state index contributed by atoms with van der Waals surface area (Å²) in [6, 6.07) is 0. The molecular formula is C6H9N3O2. The molecular weight excluding hydrogens is 146 g/mol. The van der Waals surface area contributed by atoms with E-state index in [0.717, 1.165) is 0 Å². The summed E-state index contributed by atoms with van der Waals surface area (Å²) in [6.45, 7) is 0.667. The molecule has 1 aliphatic rings. The van der Waals surface area contributed by atoms with Crippen LogP contribution in [0, 0.1) is 0 Å². The predicted molar refractivity (Wildman–Crippen MR) is 38.3 cm³/mol. The maximum atomic E-state index is 9.32. The van der Waals surface area contributed by atoms with Gasteiger partial charge in [0.1, 0.15) is 0 Å². The summed E-state index contributed by atoms with van der Waals surface area (Å²) in [5.74, 6) is 0.590. The zero-order valence-corrected chi connectivity index (χ0v) is 5.86. The van der Waals surface area contributed by atoms with E-state index in [-0.39, 0.29) is 5.75 Å². The number of nitrogens with one attached hydrogen (secondary N) is 1. The van der Waals surface area contributed by atoms with E-state index < -0.39 is 6.23 Å². The van der Waals surface area contributed by atoms with Gasteiger partial charge in [-0.05, 0) is 0 Å². The number of nitrogens with zero attached hydrogens (tertiary/aromatic N) is 2. The Morgan fingerprint density at radius 2 is 2.55 bits per heavy atom. The van der Waals surface area contributed by atoms with Crippen LogP contribution in [0.3, 0.4) is 0 Å². The number of hydrogen-bond donors (Lipinski definition) is 3. The zero-order chi connectivity index (χ0) is 7.84. The number of aliphatic hydroxyl groups excluding tert-OH is 1. The molecule has 0 saturated heterocycles. The number of aliphatic hydroxyl groups is 1. The second kappa shape index (κ2) is 2.13. The Balaban J connectivity index is 2.46. The Morgan fingerprint density at radius 3 is 3.27 bits per heavy atom. The van der Waals surface area contributed by atoms with Crippen molar-refractivity contribution in [3.8, 4) is 5.75 Å². The van der Waals surface area contributed by atoms with Crippen LogP contribution >= 0.6 is 0 Å². The van der Waals surface area contributed by atoms with Gasteiger partial charge in [-0.15, -0.1) is 0 Å². The van der Waals surface area contributed by atoms with Gasteiger partial charge in [-0.3, -0.25) is 0 Å². The first kappa shape index (κ1) is 6.48. The first-order chi connectivity index (χ1) is 5.29. The zero-order valence-electron chi connectivity index (χ0n) is 5.86. The van der Waals surface area contributed by atoms with E-state index in [2.05, 4.69) is 10.4 Å². The van der Waals surface area contributed by atoms with Gasteiger partial charge in [-0.25, -0.2) is 4.68 Å². The molecule has 1 atom stereocenters. The summed E-state index contributed by atoms with van der Waals surface area (Å²) in [7, 11) is 0. The van der Waals surface area contributed by atoms with E-state index in [4.69, 9.17) is 5.11 Å². The Labute approximate surface area is 63.3 Å². The summed E-state index contributed by atoms with van der Waals surface area (Å²) in [5, 5.41) is 25.2. The fourth-order valence-electron chi connectivity index (χ4n) is 1.19. The molecule has 0 radical (unpaired) electrons. The summed E-state index contributed by atoms with van der Waals surface area (Å²) >= 11 is 0. The lowest BCUT2D eigenvalue weighted by molar-refractivity contribution is 0.0810. The highest BCUT2D eigenvalue weighted by Crippen LogP contribution is 2.28. The standard InChI is InChI=1S/C6H9N3O2/c10-4-3-8-9-5(11)1-2-7-6(4)9/h3,5,7,10-11H,1-2H2/t5-/m1/s1. The Kier molecular flexibility index (Phi) is 1.25. The van der Waals surface area contributed by atoms with Crippen LogP contribution in [0.1, 0.15) is 12.6 Å². The average molecular weight is 155 g/mol. The molecule has 60 valence electrons. The monoisotopic (exact) mass is 155 g/mol. The maximum Gasteiger partial charge on any atom is 0.178 e. The molecule has 0 aliphatic carbocycles. The Morgan fingerprint density at radius 1 is 1.73 bits per heavy atom. The van der Waals surface area contributed by atoms with Crippen molar-refractivity contribution in [2.75, 3.05) is 11.9 Å². The highest BCUT2D eigenvalue weighted by molar-refractivity contribution is 5.49. The third-order valence-electron chi connectivity index (χ3n) is 1.75. The molecule has 1 aromatic heterocycles. The minimum absolute atomic E-state index is 0.0868. The van der Waals surface area contributed by atoms with Crippen LogP contribution < -0.4 is 5.32 Å². The lowest BCUT2D eigenvalue weighted by atomic mass is 10.3. The number of aromatic nitrogens is 2. The molecule has 11 heavy (non-hydrogen) atoms. The van der Waals surface area contributed by atoms with Crippen LogP contribution in [-0.2, 0) is 0 Å². The molecule has 0 fully saturated rings. The van der Waals surface area contributed by atoms with E-state index in [1.54, 1.807) is 0 Å². The van der Waals surface area contributed by atoms with Gasteiger partial charge in [0, 0.05) is 13.0 Å². The first-order valence-corrected chi connectivity index (χ1v) is 3.47. The highest BCUT2D eigenvalue weighted by Gasteiger charge is 2.20. The Hall–Kier alpha value is -1.23. The van der Waals surface area contributed by atoms with Crippen LogP contribution in [0.4, 0.5) is 5.82 Å². The summed E-state index contributed by atoms with van der Waals surface area (Å²) in [5.41, 5.74) is 0. The number of fused-ring (bicyclic) bond motifs is 1. The molecule has 0 unspecified atom stereocenters. The quantitative estimate of drug-likeness (QED) is 0.489. The predicted octanol–water partition coefficient (Wildman–Crippen LogP) is -0.105. The topological polar surface area (TPSA) is 70.3 Å². The minimum atomic E-state index is -0.604. The SMILES string of the molecule is Oc1cnn2c1NCC[C@H]2O. The normalized spacial score (nSPS) is 22.5. The molecule has 2 heterocycles. The van der Waals surface area contributed by atoms with Gasteiger partial charge >= 0.3 is 0 Å². The molecule has 0 saturated carbocycles. The molecule has 1 aliphatic heterocycles. The first-order valence-electron chi connectivity index (χ1n) is 3.47. The van der Waals surface area contributed by atoms with Crippen LogP contribution in [-0.4, -0.2) is 26.5 Å². The lowest BCUT2D eigenvalue weighted by Gasteiger charge is -2.20. The molecule has 0 amide bonds. The van der Waals surface area contributed by atoms with Crippen LogP contribution in [0.5, 0.6) is 5.75 Å². The molecule has 0 spiro atoms. The Bertz CT molecular complexity index is 271. The van der Waals surface area contributed by atoms with Crippen molar-refractivity contribution in [2.24, 2.45) is 0 Å². The summed E-state index contributed by atoms with van der Waals surface area (Å²) in [6.07, 6.45) is 1.33. The molecule has 5 nitrogen and oxygen atoms in total. The molecule has 1 aromatic rings. The fourth-order valence-corrected chi connectivity index (χ4v) is 1.19. The van der Waals surface area contributed by atoms with E-state index in [1.807, 2.05) is 0 Å². The second-order valence-electron chi connectivity index (χ2n) is 2.52. The van der Waals surface area contributed by atoms with Crippen molar-refractivity contribution >= 4 is 5.82 Å². The van der Waals surface area contributed by atoms with Gasteiger partial charge in [-0.1, -0.05) is 0 Å². The second-order valence-corrected chi connectivity index (χ2v) is 2.52. The number of anilines is 1. The number of aromatic hydroxyl groups is 1. The van der Waals surface area contributed by atoms with Crippen molar-refractivity contribution in [1.29, 1.82) is 0 Å². The minimum Gasteiger partial charge on any atom is -0.503 e. The van der Waals surface area contributed by atoms with Gasteiger partial charge < -0.3 is 15.5 Å². The highest BCUT2D eigenvalue weighted by atomic mass is 16.3. The van der Waals surface area contributed by atoms with E-state index >= 15 is 0 Å². The third-order valence-corrected chi connectivity index (χ3v) is 1.75. The van der Waals surface area contributed by atoms with Gasteiger partial charge in [0.15, 0.2) is 17.8 Å². The third kappa shape index (κ3) is 0.848. The summed E-state index contributed by atoms with van der Waals surface area (Å²) < 4.78 is 1.37. The van der Waals surface area contributed by atoms with Crippen LogP contribution in [0.2, 0.25) is 0 Å². The van der Waals surface area contributed by atoms with Crippen molar-refractivity contribution in [3.63, 3.8) is 0 Å². The summed E-state index contributed by atoms with van der Waals surface area (Å²) in [4.78, 5) is 0. The molecule has 5 heteroatoms. The molecule has 2 rings (SSSR count). The van der Waals surface area contributed by atoms with Gasteiger partial charge in [0.05, 0.1) is 6.20 Å². The van der Waals surface area contributed by atoms with E-state index in [1.165, 1.54) is 10.9 Å². The molecule has 0 aromatic carbocycles. The van der Waals surface area contributed by atoms with E-state index in [9.17, 15) is 5.11 Å². The molecule has 0 bridgehead atoms. The van der Waals surface area contributed by atoms with Crippen molar-refractivity contribution < 1.29 is 10.2 Å². The van der Waals surface area contributed by atoms with Crippen molar-refractivity contribution in [3.05, 3.63) is 6.20 Å². The lowest BCUT2D eigenvalue weighted by Crippen LogP contribution is -2.22. The van der Waals surface area contributed by atoms with Gasteiger partial charge in [0.25, 0.3) is 0 Å². The van der Waals surface area contributed by atoms with Gasteiger partial charge in [0.2, 0.25) is 0 Å². The van der Waals surface area contributed by atoms with Crippen LogP contribution in [0.15, 0.2) is 6.20 Å². The van der Waals surface area contributed by atoms with Crippen LogP contribution in [0.25, 0.3) is 0 Å². The maximum absolute atomic E-state index is 9.32. The smallest absolute Gasteiger partial charge is 0.178 e. The average Bonchev–Trinajstić information content (AvgIpc) is 2.35. The van der Waals surface area contributed by atoms with Gasteiger partial charge in [-0.2, -0.15) is 5.10 Å². The van der Waals surface area contributed by atoms with Crippen molar-refractivity contribution in [2.45, 2.75) is 12.6 Å². The largest absolute Gasteiger partial charge is 0.503 e. The fraction of sp³-hybridized carbons (Fsp3) is 0.500. The molecule has 3 N–H and O–H groups in total. The number of rotatable bonds is 0. The number of hydrogen-bond acceptors (Lipinski definition) is 4. The van der Waals surface area contributed by atoms with Crippen molar-refractivity contribution in [1.82, 2.24) is 9.78 Å². The van der Waals surface area contributed by atoms with E-state index in [0.29, 0.717) is 18.8 Å².